The highest BCUT2D eigenvalue weighted by molar-refractivity contribution is 6.30. The fraction of sp³-hybridized carbons (Fsp3) is 0.304. The number of rotatable bonds is 4. The Morgan fingerprint density at radius 2 is 1.85 bits per heavy atom. The summed E-state index contributed by atoms with van der Waals surface area (Å²) in [6.07, 6.45) is 6.37. The Kier molecular flexibility index (Phi) is 4.22. The second kappa shape index (κ2) is 6.74. The van der Waals surface area contributed by atoms with Crippen LogP contribution >= 0.6 is 11.6 Å². The largest absolute Gasteiger partial charge is 0.483 e. The van der Waals surface area contributed by atoms with Crippen molar-refractivity contribution in [3.8, 4) is 5.75 Å². The molecule has 1 aromatic heterocycles. The van der Waals surface area contributed by atoms with E-state index in [9.17, 15) is 0 Å². The van der Waals surface area contributed by atoms with Crippen LogP contribution in [0.25, 0.3) is 0 Å². The van der Waals surface area contributed by atoms with E-state index in [1.807, 2.05) is 12.1 Å². The van der Waals surface area contributed by atoms with E-state index in [0.717, 1.165) is 43.2 Å². The molecule has 0 bridgehead atoms. The predicted molar refractivity (Wildman–Crippen MR) is 109 cm³/mol. The van der Waals surface area contributed by atoms with E-state index in [4.69, 9.17) is 16.3 Å². The summed E-state index contributed by atoms with van der Waals surface area (Å²) in [5.74, 6) is 0.975. The summed E-state index contributed by atoms with van der Waals surface area (Å²) in [7, 11) is 0. The number of benzene rings is 2. The first kappa shape index (κ1) is 16.9. The van der Waals surface area contributed by atoms with Crippen LogP contribution in [0.2, 0.25) is 5.02 Å². The number of likely N-dealkylation sites (tertiary alicyclic amines) is 1. The zero-order valence-electron chi connectivity index (χ0n) is 15.2. The molecule has 5 rings (SSSR count). The quantitative estimate of drug-likeness (QED) is 0.648. The van der Waals surface area contributed by atoms with Crippen LogP contribution in [0.3, 0.4) is 0 Å². The molecular formula is C23H23ClN2O. The highest BCUT2D eigenvalue weighted by atomic mass is 35.5. The third-order valence-corrected chi connectivity index (χ3v) is 6.14. The van der Waals surface area contributed by atoms with E-state index in [0.29, 0.717) is 0 Å². The minimum Gasteiger partial charge on any atom is -0.483 e. The molecule has 3 heterocycles. The van der Waals surface area contributed by atoms with Crippen LogP contribution in [0, 0.1) is 0 Å². The van der Waals surface area contributed by atoms with Crippen molar-refractivity contribution in [2.75, 3.05) is 19.6 Å². The minimum atomic E-state index is -0.220. The molecule has 1 saturated heterocycles. The third kappa shape index (κ3) is 3.05. The van der Waals surface area contributed by atoms with Gasteiger partial charge in [-0.2, -0.15) is 0 Å². The molecule has 2 unspecified atom stereocenters. The molecule has 3 nitrogen and oxygen atoms in total. The highest BCUT2D eigenvalue weighted by Crippen LogP contribution is 2.50. The lowest BCUT2D eigenvalue weighted by Crippen LogP contribution is -2.43. The molecule has 0 saturated carbocycles. The first-order valence-corrected chi connectivity index (χ1v) is 9.99. The van der Waals surface area contributed by atoms with Gasteiger partial charge in [-0.1, -0.05) is 41.9 Å². The summed E-state index contributed by atoms with van der Waals surface area (Å²) in [4.78, 5) is 2.54. The Balaban J connectivity index is 1.40. The van der Waals surface area contributed by atoms with Crippen molar-refractivity contribution in [2.45, 2.75) is 24.5 Å². The van der Waals surface area contributed by atoms with Gasteiger partial charge in [-0.15, -0.1) is 0 Å². The third-order valence-electron chi connectivity index (χ3n) is 5.91. The Hall–Kier alpha value is -2.23. The van der Waals surface area contributed by atoms with Gasteiger partial charge in [0, 0.05) is 49.0 Å². The van der Waals surface area contributed by atoms with E-state index in [-0.39, 0.29) is 11.6 Å². The van der Waals surface area contributed by atoms with E-state index in [1.165, 1.54) is 11.1 Å². The number of fused-ring (bicyclic) bond motifs is 1. The van der Waals surface area contributed by atoms with Crippen LogP contribution in [-0.4, -0.2) is 34.7 Å². The van der Waals surface area contributed by atoms with Crippen LogP contribution in [-0.2, 0) is 6.42 Å². The molecule has 0 N–H and O–H groups in total. The molecule has 2 aromatic carbocycles. The van der Waals surface area contributed by atoms with Gasteiger partial charge in [-0.3, -0.25) is 4.90 Å². The number of halogens is 1. The van der Waals surface area contributed by atoms with Gasteiger partial charge in [-0.25, -0.2) is 0 Å². The summed E-state index contributed by atoms with van der Waals surface area (Å²) in [5.41, 5.74) is 2.37. The van der Waals surface area contributed by atoms with Gasteiger partial charge in [0.1, 0.15) is 17.4 Å². The Morgan fingerprint density at radius 1 is 1.04 bits per heavy atom. The first-order chi connectivity index (χ1) is 13.2. The molecule has 2 atom stereocenters. The summed E-state index contributed by atoms with van der Waals surface area (Å²) >= 11 is 6.32. The Morgan fingerprint density at radius 3 is 2.67 bits per heavy atom. The molecule has 0 radical (unpaired) electrons. The smallest absolute Gasteiger partial charge is 0.148 e. The van der Waals surface area contributed by atoms with Crippen LogP contribution in [0.5, 0.6) is 5.75 Å². The molecule has 0 amide bonds. The number of hydrogen-bond donors (Lipinski definition) is 0. The SMILES string of the molecule is Clc1ccc2c(c1)C(n1cccc1)C1(CCN(CCc3ccccc3)C1)O2. The second-order valence-corrected chi connectivity index (χ2v) is 8.08. The van der Waals surface area contributed by atoms with Crippen LogP contribution in [0.15, 0.2) is 73.1 Å². The summed E-state index contributed by atoms with van der Waals surface area (Å²) in [5, 5.41) is 0.769. The van der Waals surface area contributed by atoms with Crippen molar-refractivity contribution in [3.05, 3.63) is 89.2 Å². The lowest BCUT2D eigenvalue weighted by Gasteiger charge is -2.32. The second-order valence-electron chi connectivity index (χ2n) is 7.64. The Bertz CT molecular complexity index is 925. The maximum atomic E-state index is 6.61. The van der Waals surface area contributed by atoms with Gasteiger partial charge in [0.15, 0.2) is 0 Å². The van der Waals surface area contributed by atoms with Crippen molar-refractivity contribution in [3.63, 3.8) is 0 Å². The molecule has 2 aliphatic rings. The minimum absolute atomic E-state index is 0.169. The van der Waals surface area contributed by atoms with Gasteiger partial charge in [0.05, 0.1) is 0 Å². The predicted octanol–water partition coefficient (Wildman–Crippen LogP) is 4.81. The molecule has 1 fully saturated rings. The lowest BCUT2D eigenvalue weighted by molar-refractivity contribution is 0.0666. The average molecular weight is 379 g/mol. The Labute approximate surface area is 165 Å². The molecule has 0 aliphatic carbocycles. The normalized spacial score (nSPS) is 24.3. The van der Waals surface area contributed by atoms with E-state index in [1.54, 1.807) is 0 Å². The molecule has 138 valence electrons. The summed E-state index contributed by atoms with van der Waals surface area (Å²) in [6, 6.07) is 21.1. The highest BCUT2D eigenvalue weighted by Gasteiger charge is 2.53. The topological polar surface area (TPSA) is 17.4 Å². The van der Waals surface area contributed by atoms with Gasteiger partial charge in [0.2, 0.25) is 0 Å². The van der Waals surface area contributed by atoms with Crippen molar-refractivity contribution < 1.29 is 4.74 Å². The van der Waals surface area contributed by atoms with Crippen LogP contribution < -0.4 is 4.74 Å². The number of aromatic nitrogens is 1. The van der Waals surface area contributed by atoms with Crippen molar-refractivity contribution in [1.82, 2.24) is 9.47 Å². The van der Waals surface area contributed by atoms with E-state index < -0.39 is 0 Å². The monoisotopic (exact) mass is 378 g/mol. The van der Waals surface area contributed by atoms with Gasteiger partial charge in [-0.05, 0) is 42.3 Å². The molecule has 4 heteroatoms. The maximum absolute atomic E-state index is 6.61. The summed E-state index contributed by atoms with van der Waals surface area (Å²) < 4.78 is 8.89. The molecule has 3 aromatic rings. The van der Waals surface area contributed by atoms with Crippen LogP contribution in [0.4, 0.5) is 0 Å². The van der Waals surface area contributed by atoms with Gasteiger partial charge >= 0.3 is 0 Å². The zero-order valence-corrected chi connectivity index (χ0v) is 16.0. The van der Waals surface area contributed by atoms with Crippen molar-refractivity contribution in [2.24, 2.45) is 0 Å². The van der Waals surface area contributed by atoms with E-state index in [2.05, 4.69) is 70.4 Å². The van der Waals surface area contributed by atoms with Gasteiger partial charge in [0.25, 0.3) is 0 Å². The zero-order chi connectivity index (χ0) is 18.3. The molecule has 27 heavy (non-hydrogen) atoms. The van der Waals surface area contributed by atoms with Crippen LogP contribution in [0.1, 0.15) is 23.6 Å². The fourth-order valence-electron chi connectivity index (χ4n) is 4.65. The molecule has 2 aliphatic heterocycles. The average Bonchev–Trinajstić information content (AvgIpc) is 3.40. The lowest BCUT2D eigenvalue weighted by atomic mass is 9.90. The van der Waals surface area contributed by atoms with Crippen molar-refractivity contribution in [1.29, 1.82) is 0 Å². The number of hydrogen-bond acceptors (Lipinski definition) is 2. The molecular weight excluding hydrogens is 356 g/mol. The van der Waals surface area contributed by atoms with Gasteiger partial charge < -0.3 is 9.30 Å². The number of nitrogens with zero attached hydrogens (tertiary/aromatic N) is 2. The number of ether oxygens (including phenoxy) is 1. The fourth-order valence-corrected chi connectivity index (χ4v) is 4.83. The standard InChI is InChI=1S/C23H23ClN2O/c24-19-8-9-21-20(16-19)22(26-12-4-5-13-26)23(27-21)11-15-25(17-23)14-10-18-6-2-1-3-7-18/h1-9,12-13,16,22H,10-11,14-15,17H2. The first-order valence-electron chi connectivity index (χ1n) is 9.61. The van der Waals surface area contributed by atoms with Crippen molar-refractivity contribution >= 4 is 11.6 Å². The van der Waals surface area contributed by atoms with E-state index >= 15 is 0 Å². The summed E-state index contributed by atoms with van der Waals surface area (Å²) in [6.45, 7) is 3.06. The molecule has 1 spiro atoms. The maximum Gasteiger partial charge on any atom is 0.148 e.